The van der Waals surface area contributed by atoms with E-state index in [-0.39, 0.29) is 32.3 Å². The Balaban J connectivity index is 2.25. The third-order valence-electron chi connectivity index (χ3n) is 15.3. The number of phosphoric ester groups is 1. The number of esters is 1. The fraction of sp³-hybridized carbons (Fsp3) is 0.932. The van der Waals surface area contributed by atoms with E-state index in [0.717, 1.165) is 77.0 Å². The second-order valence-corrected chi connectivity index (χ2v) is 23.9. The van der Waals surface area contributed by atoms with Crippen LogP contribution in [0.25, 0.3) is 0 Å². The van der Waals surface area contributed by atoms with Gasteiger partial charge in [0.15, 0.2) is 12.6 Å². The standard InChI is InChI=1S/C59H111N2O19P/c1-4-7-10-13-16-19-22-25-30-35-44(63)40-48(64)60-52-55(70)54(69)47(79-58(52)75-39-34-29-28-32-37-50(66)67)43-76-59-53(56(71)57(46(42-62)78-59)80-81(72,73)74)61-49(65)41-45(36-31-26-23-20-17-14-11-8-5-2)77-51(68)38-33-27-24-21-18-15-12-9-6-3/h44-47,52-59,62-63,69-71H,4-43H2,1-3H3,(H,60,64)(H,61,65)(H,66,67)(H2,72,73,74)/t44-,45-,46-,47-,52-,53-,54-,55-,56-,57-,58+,59-/m1/s1. The Morgan fingerprint density at radius 3 is 1.47 bits per heavy atom. The van der Waals surface area contributed by atoms with Crippen molar-refractivity contribution in [2.45, 2.75) is 332 Å². The van der Waals surface area contributed by atoms with Gasteiger partial charge in [-0.15, -0.1) is 0 Å². The van der Waals surface area contributed by atoms with Crippen LogP contribution in [-0.2, 0) is 52.0 Å². The van der Waals surface area contributed by atoms with E-state index in [0.29, 0.717) is 51.4 Å². The first-order valence-electron chi connectivity index (χ1n) is 31.6. The number of aliphatic carboxylic acids is 1. The van der Waals surface area contributed by atoms with Gasteiger partial charge < -0.3 is 74.7 Å². The van der Waals surface area contributed by atoms with Crippen LogP contribution < -0.4 is 10.6 Å². The Labute approximate surface area is 484 Å². The molecule has 0 radical (unpaired) electrons. The maximum atomic E-state index is 14.0. The molecule has 12 atom stereocenters. The fourth-order valence-corrected chi connectivity index (χ4v) is 11.1. The first kappa shape index (κ1) is 74.7. The van der Waals surface area contributed by atoms with Crippen LogP contribution in [0.2, 0.25) is 0 Å². The quantitative estimate of drug-likeness (QED) is 0.0154. The summed E-state index contributed by atoms with van der Waals surface area (Å²) in [7, 11) is -5.33. The zero-order valence-corrected chi connectivity index (χ0v) is 50.6. The molecule has 2 aliphatic rings. The number of carboxylic acids is 1. The third kappa shape index (κ3) is 35.0. The molecule has 10 N–H and O–H groups in total. The minimum Gasteiger partial charge on any atom is -0.481 e. The molecule has 476 valence electrons. The van der Waals surface area contributed by atoms with E-state index < -0.39 is 118 Å². The maximum Gasteiger partial charge on any atom is 0.470 e. The molecule has 2 rings (SSSR count). The normalized spacial score (nSPS) is 23.9. The van der Waals surface area contributed by atoms with Crippen molar-refractivity contribution in [2.24, 2.45) is 0 Å². The van der Waals surface area contributed by atoms with E-state index in [1.165, 1.54) is 83.5 Å². The van der Waals surface area contributed by atoms with Crippen molar-refractivity contribution in [1.82, 2.24) is 10.6 Å². The summed E-state index contributed by atoms with van der Waals surface area (Å²) in [4.78, 5) is 71.2. The topological polar surface area (TPSA) is 327 Å². The second kappa shape index (κ2) is 45.9. The van der Waals surface area contributed by atoms with Gasteiger partial charge in [-0.3, -0.25) is 23.7 Å². The predicted molar refractivity (Wildman–Crippen MR) is 306 cm³/mol. The summed E-state index contributed by atoms with van der Waals surface area (Å²) in [5, 5.41) is 70.1. The first-order valence-corrected chi connectivity index (χ1v) is 33.1. The van der Waals surface area contributed by atoms with E-state index in [1.807, 2.05) is 0 Å². The van der Waals surface area contributed by atoms with Gasteiger partial charge in [-0.1, -0.05) is 194 Å². The minimum absolute atomic E-state index is 0.00886. The molecule has 0 bridgehead atoms. The molecule has 81 heavy (non-hydrogen) atoms. The number of amides is 2. The van der Waals surface area contributed by atoms with Gasteiger partial charge in [-0.25, -0.2) is 4.57 Å². The van der Waals surface area contributed by atoms with Gasteiger partial charge in [0.2, 0.25) is 11.8 Å². The Morgan fingerprint density at radius 1 is 0.531 bits per heavy atom. The van der Waals surface area contributed by atoms with Gasteiger partial charge >= 0.3 is 19.8 Å². The highest BCUT2D eigenvalue weighted by molar-refractivity contribution is 7.46. The van der Waals surface area contributed by atoms with Crippen LogP contribution in [0.3, 0.4) is 0 Å². The molecular formula is C59H111N2O19P. The number of nitrogens with one attached hydrogen (secondary N) is 2. The van der Waals surface area contributed by atoms with Crippen molar-refractivity contribution in [1.29, 1.82) is 0 Å². The fourth-order valence-electron chi connectivity index (χ4n) is 10.6. The number of hydrogen-bond donors (Lipinski definition) is 10. The minimum atomic E-state index is -5.33. The van der Waals surface area contributed by atoms with Crippen LogP contribution in [0, 0.1) is 0 Å². The second-order valence-electron chi connectivity index (χ2n) is 22.7. The van der Waals surface area contributed by atoms with Crippen LogP contribution in [0.15, 0.2) is 0 Å². The number of phosphoric acid groups is 1. The highest BCUT2D eigenvalue weighted by Gasteiger charge is 2.51. The monoisotopic (exact) mass is 1180 g/mol. The molecule has 2 heterocycles. The first-order chi connectivity index (χ1) is 38.9. The van der Waals surface area contributed by atoms with E-state index in [1.54, 1.807) is 0 Å². The highest BCUT2D eigenvalue weighted by Crippen LogP contribution is 2.41. The number of carbonyl (C=O) groups is 4. The summed E-state index contributed by atoms with van der Waals surface area (Å²) in [6, 6.07) is -2.97. The van der Waals surface area contributed by atoms with Crippen LogP contribution >= 0.6 is 7.82 Å². The van der Waals surface area contributed by atoms with E-state index in [4.69, 9.17) is 33.3 Å². The Hall–Kier alpha value is -2.37. The largest absolute Gasteiger partial charge is 0.481 e. The van der Waals surface area contributed by atoms with Crippen LogP contribution in [0.5, 0.6) is 0 Å². The molecule has 2 saturated heterocycles. The molecule has 2 fully saturated rings. The molecule has 21 nitrogen and oxygen atoms in total. The summed E-state index contributed by atoms with van der Waals surface area (Å²) in [6.45, 7) is 5.02. The Morgan fingerprint density at radius 2 is 0.963 bits per heavy atom. The van der Waals surface area contributed by atoms with Gasteiger partial charge in [0.25, 0.3) is 0 Å². The number of unbranched alkanes of at least 4 members (excludes halogenated alkanes) is 27. The Kier molecular flexibility index (Phi) is 42.4. The lowest BCUT2D eigenvalue weighted by Gasteiger charge is -2.45. The van der Waals surface area contributed by atoms with Crippen molar-refractivity contribution in [3.63, 3.8) is 0 Å². The van der Waals surface area contributed by atoms with E-state index in [9.17, 15) is 59.1 Å². The van der Waals surface area contributed by atoms with Crippen LogP contribution in [0.1, 0.15) is 258 Å². The van der Waals surface area contributed by atoms with E-state index >= 15 is 0 Å². The molecule has 0 unspecified atom stereocenters. The van der Waals surface area contributed by atoms with Crippen molar-refractivity contribution < 1.29 is 92.4 Å². The number of carbonyl (C=O) groups excluding carboxylic acids is 3. The number of ether oxygens (including phenoxy) is 5. The van der Waals surface area contributed by atoms with Gasteiger partial charge in [0.05, 0.1) is 32.2 Å². The summed E-state index contributed by atoms with van der Waals surface area (Å²) >= 11 is 0. The van der Waals surface area contributed by atoms with Gasteiger partial charge in [-0.05, 0) is 38.5 Å². The lowest BCUT2D eigenvalue weighted by Crippen LogP contribution is -2.67. The maximum absolute atomic E-state index is 14.0. The smallest absolute Gasteiger partial charge is 0.470 e. The summed E-state index contributed by atoms with van der Waals surface area (Å²) < 4.78 is 47.1. The number of rotatable bonds is 51. The predicted octanol–water partition coefficient (Wildman–Crippen LogP) is 8.84. The van der Waals surface area contributed by atoms with Crippen molar-refractivity contribution in [2.75, 3.05) is 19.8 Å². The molecule has 0 aromatic carbocycles. The average Bonchev–Trinajstić information content (AvgIpc) is 3.55. The van der Waals surface area contributed by atoms with Gasteiger partial charge in [-0.2, -0.15) is 0 Å². The van der Waals surface area contributed by atoms with Crippen LogP contribution in [0.4, 0.5) is 0 Å². The SMILES string of the molecule is CCCCCCCCCCCC(=O)O[C@H](CCCCCCCCCCC)CC(=O)N[C@H]1[C@H](OC[C@H]2O[C@H](OCCCCCCC(=O)O)[C@H](NC(=O)C[C@H](O)CCCCCCCCCCC)[C@@H](O)[C@@H]2O)O[C@H](CO)[C@@H](OP(=O)(O)O)[C@@H]1O. The lowest BCUT2D eigenvalue weighted by atomic mass is 9.95. The van der Waals surface area contributed by atoms with E-state index in [2.05, 4.69) is 31.4 Å². The van der Waals surface area contributed by atoms with Crippen molar-refractivity contribution >= 4 is 31.6 Å². The summed E-state index contributed by atoms with van der Waals surface area (Å²) in [5.41, 5.74) is 0. The molecule has 0 saturated carbocycles. The van der Waals surface area contributed by atoms with Gasteiger partial charge in [0.1, 0.15) is 54.8 Å². The molecule has 2 aliphatic heterocycles. The number of aliphatic hydroxyl groups is 5. The number of hydrogen-bond acceptors (Lipinski definition) is 16. The average molecular weight is 1180 g/mol. The molecule has 0 aromatic rings. The zero-order chi connectivity index (χ0) is 59.7. The highest BCUT2D eigenvalue weighted by atomic mass is 31.2. The van der Waals surface area contributed by atoms with Crippen molar-refractivity contribution in [3.05, 3.63) is 0 Å². The summed E-state index contributed by atoms with van der Waals surface area (Å²) in [5.74, 6) is -2.70. The molecule has 0 aliphatic carbocycles. The molecule has 0 spiro atoms. The molecule has 0 aromatic heterocycles. The zero-order valence-electron chi connectivity index (χ0n) is 49.7. The lowest BCUT2D eigenvalue weighted by molar-refractivity contribution is -0.302. The van der Waals surface area contributed by atoms with Crippen molar-refractivity contribution in [3.8, 4) is 0 Å². The molecule has 2 amide bonds. The third-order valence-corrected chi connectivity index (χ3v) is 15.9. The molecular weight excluding hydrogens is 1070 g/mol. The number of aliphatic hydroxyl groups excluding tert-OH is 5. The molecule has 22 heteroatoms. The number of carboxylic acid groups (broad SMARTS) is 1. The van der Waals surface area contributed by atoms with Crippen LogP contribution in [-0.4, -0.2) is 157 Å². The van der Waals surface area contributed by atoms with Gasteiger partial charge in [0, 0.05) is 19.4 Å². The summed E-state index contributed by atoms with van der Waals surface area (Å²) in [6.07, 6.45) is 16.0. The Bertz CT molecular complexity index is 1680.